The zero-order valence-corrected chi connectivity index (χ0v) is 17.2. The zero-order valence-electron chi connectivity index (χ0n) is 17.2. The van der Waals surface area contributed by atoms with Crippen molar-refractivity contribution in [1.82, 2.24) is 10.3 Å². The van der Waals surface area contributed by atoms with Gasteiger partial charge in [0.1, 0.15) is 11.5 Å². The van der Waals surface area contributed by atoms with Gasteiger partial charge in [-0.25, -0.2) is 9.78 Å². The third-order valence-corrected chi connectivity index (χ3v) is 4.54. The summed E-state index contributed by atoms with van der Waals surface area (Å²) >= 11 is 0. The monoisotopic (exact) mass is 408 g/mol. The summed E-state index contributed by atoms with van der Waals surface area (Å²) in [6.07, 6.45) is -0.302. The molecule has 0 saturated carbocycles. The number of esters is 1. The normalized spacial score (nSPS) is 11.6. The summed E-state index contributed by atoms with van der Waals surface area (Å²) in [4.78, 5) is 28.9. The second-order valence-electron chi connectivity index (χ2n) is 6.73. The van der Waals surface area contributed by atoms with Crippen molar-refractivity contribution >= 4 is 11.9 Å². The summed E-state index contributed by atoms with van der Waals surface area (Å²) in [5, 5.41) is 2.77. The van der Waals surface area contributed by atoms with Crippen molar-refractivity contribution < 1.29 is 23.5 Å². The van der Waals surface area contributed by atoms with E-state index < -0.39 is 12.1 Å². The van der Waals surface area contributed by atoms with E-state index in [0.29, 0.717) is 24.6 Å². The number of benzene rings is 2. The topological polar surface area (TPSA) is 90.7 Å². The Morgan fingerprint density at radius 3 is 2.47 bits per heavy atom. The fraction of sp³-hybridized carbons (Fsp3) is 0.261. The molecule has 1 aromatic heterocycles. The van der Waals surface area contributed by atoms with Crippen LogP contribution in [-0.4, -0.2) is 36.6 Å². The third-order valence-electron chi connectivity index (χ3n) is 4.54. The van der Waals surface area contributed by atoms with E-state index in [1.54, 1.807) is 14.0 Å². The first-order valence-corrected chi connectivity index (χ1v) is 9.62. The van der Waals surface area contributed by atoms with Crippen LogP contribution in [0.25, 0.3) is 11.5 Å². The summed E-state index contributed by atoms with van der Waals surface area (Å²) < 4.78 is 16.0. The molecule has 7 heteroatoms. The highest BCUT2D eigenvalue weighted by Gasteiger charge is 2.24. The Bertz CT molecular complexity index is 996. The van der Waals surface area contributed by atoms with Crippen molar-refractivity contribution in [2.75, 3.05) is 13.7 Å². The largest absolute Gasteiger partial charge is 0.497 e. The van der Waals surface area contributed by atoms with Gasteiger partial charge in [-0.3, -0.25) is 4.79 Å². The van der Waals surface area contributed by atoms with E-state index in [9.17, 15) is 9.59 Å². The number of hydrogen-bond donors (Lipinski definition) is 1. The molecule has 0 aliphatic carbocycles. The number of carbonyl (C=O) groups is 2. The number of nitrogens with zero attached hydrogens (tertiary/aromatic N) is 1. The maximum absolute atomic E-state index is 12.4. The molecule has 3 rings (SSSR count). The Balaban J connectivity index is 1.52. The Labute approximate surface area is 175 Å². The van der Waals surface area contributed by atoms with E-state index in [1.165, 1.54) is 6.92 Å². The van der Waals surface area contributed by atoms with Crippen LogP contribution in [0.4, 0.5) is 0 Å². The van der Waals surface area contributed by atoms with Gasteiger partial charge in [0.15, 0.2) is 11.8 Å². The van der Waals surface area contributed by atoms with Crippen LogP contribution in [0.1, 0.15) is 28.7 Å². The van der Waals surface area contributed by atoms with Gasteiger partial charge in [0, 0.05) is 12.1 Å². The standard InChI is InChI=1S/C23H24N2O5/c1-15-20(25-22(29-15)18-7-5-4-6-8-18)23(27)30-16(2)21(26)24-14-13-17-9-11-19(28-3)12-10-17/h4-12,16H,13-14H2,1-3H3,(H,24,26)/t16-/m1/s1. The minimum Gasteiger partial charge on any atom is -0.497 e. The van der Waals surface area contributed by atoms with Crippen molar-refractivity contribution in [3.8, 4) is 17.2 Å². The quantitative estimate of drug-likeness (QED) is 0.573. The van der Waals surface area contributed by atoms with E-state index in [0.717, 1.165) is 16.9 Å². The summed E-state index contributed by atoms with van der Waals surface area (Å²) in [5.74, 6) is 0.377. The molecule has 1 heterocycles. The second kappa shape index (κ2) is 9.73. The Hall–Kier alpha value is -3.61. The first kappa shape index (κ1) is 21.1. The fourth-order valence-electron chi connectivity index (χ4n) is 2.83. The van der Waals surface area contributed by atoms with Gasteiger partial charge in [-0.15, -0.1) is 0 Å². The number of nitrogens with one attached hydrogen (secondary N) is 1. The first-order chi connectivity index (χ1) is 14.5. The molecule has 156 valence electrons. The Kier molecular flexibility index (Phi) is 6.85. The lowest BCUT2D eigenvalue weighted by molar-refractivity contribution is -0.129. The van der Waals surface area contributed by atoms with Crippen LogP contribution in [0.15, 0.2) is 59.0 Å². The molecule has 30 heavy (non-hydrogen) atoms. The number of aromatic nitrogens is 1. The first-order valence-electron chi connectivity index (χ1n) is 9.62. The van der Waals surface area contributed by atoms with Crippen molar-refractivity contribution in [3.05, 3.63) is 71.6 Å². The molecule has 0 spiro atoms. The molecule has 0 fully saturated rings. The molecule has 0 bridgehead atoms. The van der Waals surface area contributed by atoms with Crippen molar-refractivity contribution in [2.24, 2.45) is 0 Å². The molecule has 0 saturated heterocycles. The van der Waals surface area contributed by atoms with E-state index in [4.69, 9.17) is 13.9 Å². The third kappa shape index (κ3) is 5.26. The van der Waals surface area contributed by atoms with E-state index in [-0.39, 0.29) is 11.6 Å². The molecule has 1 amide bonds. The Morgan fingerprint density at radius 2 is 1.80 bits per heavy atom. The van der Waals surface area contributed by atoms with Gasteiger partial charge in [0.05, 0.1) is 7.11 Å². The molecule has 7 nitrogen and oxygen atoms in total. The van der Waals surface area contributed by atoms with E-state index in [1.807, 2.05) is 54.6 Å². The number of ether oxygens (including phenoxy) is 2. The molecule has 0 radical (unpaired) electrons. The highest BCUT2D eigenvalue weighted by atomic mass is 16.5. The van der Waals surface area contributed by atoms with Crippen LogP contribution in [0.3, 0.4) is 0 Å². The summed E-state index contributed by atoms with van der Waals surface area (Å²) in [6.45, 7) is 3.58. The molecule has 0 aliphatic rings. The molecular formula is C23H24N2O5. The van der Waals surface area contributed by atoms with E-state index in [2.05, 4.69) is 10.3 Å². The number of rotatable bonds is 8. The number of amides is 1. The number of methoxy groups -OCH3 is 1. The van der Waals surface area contributed by atoms with Crippen LogP contribution in [0.2, 0.25) is 0 Å². The average molecular weight is 408 g/mol. The van der Waals surface area contributed by atoms with Crippen LogP contribution in [0.5, 0.6) is 5.75 Å². The molecule has 3 aromatic rings. The van der Waals surface area contributed by atoms with Gasteiger partial charge < -0.3 is 19.2 Å². The maximum atomic E-state index is 12.4. The van der Waals surface area contributed by atoms with Gasteiger partial charge >= 0.3 is 5.97 Å². The lowest BCUT2D eigenvalue weighted by Gasteiger charge is -2.13. The average Bonchev–Trinajstić information content (AvgIpc) is 3.16. The van der Waals surface area contributed by atoms with Crippen molar-refractivity contribution in [3.63, 3.8) is 0 Å². The summed E-state index contributed by atoms with van der Waals surface area (Å²) in [5.41, 5.74) is 1.88. The van der Waals surface area contributed by atoms with Gasteiger partial charge in [-0.1, -0.05) is 30.3 Å². The van der Waals surface area contributed by atoms with E-state index >= 15 is 0 Å². The number of carbonyl (C=O) groups excluding carboxylic acids is 2. The van der Waals surface area contributed by atoms with Crippen LogP contribution < -0.4 is 10.1 Å². The molecule has 1 atom stereocenters. The molecule has 0 unspecified atom stereocenters. The minimum atomic E-state index is -0.954. The fourth-order valence-corrected chi connectivity index (χ4v) is 2.83. The van der Waals surface area contributed by atoms with Gasteiger partial charge in [0.25, 0.3) is 5.91 Å². The predicted molar refractivity (Wildman–Crippen MR) is 111 cm³/mol. The van der Waals surface area contributed by atoms with Gasteiger partial charge in [0.2, 0.25) is 5.89 Å². The van der Waals surface area contributed by atoms with Crippen LogP contribution in [-0.2, 0) is 16.0 Å². The summed E-state index contributed by atoms with van der Waals surface area (Å²) in [6, 6.07) is 16.9. The number of aryl methyl sites for hydroxylation is 1. The SMILES string of the molecule is COc1ccc(CCNC(=O)[C@@H](C)OC(=O)c2nc(-c3ccccc3)oc2C)cc1. The van der Waals surface area contributed by atoms with Crippen LogP contribution in [0, 0.1) is 6.92 Å². The lowest BCUT2D eigenvalue weighted by atomic mass is 10.1. The zero-order chi connectivity index (χ0) is 21.5. The van der Waals surface area contributed by atoms with Gasteiger partial charge in [-0.05, 0) is 50.1 Å². The minimum absolute atomic E-state index is 0.0618. The molecule has 1 N–H and O–H groups in total. The molecule has 0 aliphatic heterocycles. The highest BCUT2D eigenvalue weighted by molar-refractivity contribution is 5.91. The van der Waals surface area contributed by atoms with Crippen LogP contribution >= 0.6 is 0 Å². The number of oxazole rings is 1. The maximum Gasteiger partial charge on any atom is 0.361 e. The predicted octanol–water partition coefficient (Wildman–Crippen LogP) is 3.56. The Morgan fingerprint density at radius 1 is 1.10 bits per heavy atom. The molecular weight excluding hydrogens is 384 g/mol. The van der Waals surface area contributed by atoms with Crippen molar-refractivity contribution in [1.29, 1.82) is 0 Å². The number of hydrogen-bond acceptors (Lipinski definition) is 6. The second-order valence-corrected chi connectivity index (χ2v) is 6.73. The summed E-state index contributed by atoms with van der Waals surface area (Å²) in [7, 11) is 1.61. The van der Waals surface area contributed by atoms with Crippen molar-refractivity contribution in [2.45, 2.75) is 26.4 Å². The highest BCUT2D eigenvalue weighted by Crippen LogP contribution is 2.22. The molecule has 2 aromatic carbocycles. The smallest absolute Gasteiger partial charge is 0.361 e. The van der Waals surface area contributed by atoms with Gasteiger partial charge in [-0.2, -0.15) is 0 Å². The lowest BCUT2D eigenvalue weighted by Crippen LogP contribution is -2.37.